The smallest absolute Gasteiger partial charge is 0.303 e. The van der Waals surface area contributed by atoms with Gasteiger partial charge in [0.2, 0.25) is 5.91 Å². The Morgan fingerprint density at radius 1 is 1.16 bits per heavy atom. The summed E-state index contributed by atoms with van der Waals surface area (Å²) in [6, 6.07) is 12.0. The molecular formula is C29H32N4O3S. The number of aromatic amines is 1. The number of anilines is 1. The zero-order valence-corrected chi connectivity index (χ0v) is 21.8. The number of nitrogens with one attached hydrogen (secondary N) is 2. The number of aryl methyl sites for hydroxylation is 2. The molecule has 4 aromatic rings. The van der Waals surface area contributed by atoms with Crippen LogP contribution in [0.2, 0.25) is 0 Å². The van der Waals surface area contributed by atoms with Gasteiger partial charge in [0.15, 0.2) is 0 Å². The van der Waals surface area contributed by atoms with E-state index in [4.69, 9.17) is 5.11 Å². The van der Waals surface area contributed by atoms with Crippen molar-refractivity contribution in [2.24, 2.45) is 0 Å². The zero-order chi connectivity index (χ0) is 25.8. The lowest BCUT2D eigenvalue weighted by Gasteiger charge is -2.32. The van der Waals surface area contributed by atoms with Crippen LogP contribution in [0, 0.1) is 6.92 Å². The van der Waals surface area contributed by atoms with Crippen molar-refractivity contribution in [3.8, 4) is 0 Å². The predicted octanol–water partition coefficient (Wildman–Crippen LogP) is 5.39. The second kappa shape index (κ2) is 11.2. The van der Waals surface area contributed by atoms with Crippen molar-refractivity contribution in [2.75, 3.05) is 18.0 Å². The standard InChI is InChI=1S/C29H32N4O3S/c1-19-5-8-22(25(15-19)33-12-3-2-4-13-33)28(29-30-11-14-37-29)32-26(34)17-20-6-9-24-23(16-20)21(18-31-24)7-10-27(35)36/h5-6,8-9,11,14-16,18,28,31H,2-4,7,10,12-13,17H2,1H3,(H,32,34)(H,35,36). The number of carbonyl (C=O) groups excluding carboxylic acids is 1. The van der Waals surface area contributed by atoms with Gasteiger partial charge in [0, 0.05) is 59.4 Å². The van der Waals surface area contributed by atoms with Crippen LogP contribution in [-0.2, 0) is 22.4 Å². The molecule has 0 spiro atoms. The van der Waals surface area contributed by atoms with Crippen LogP contribution in [0.1, 0.15) is 59.0 Å². The van der Waals surface area contributed by atoms with E-state index in [0.717, 1.165) is 45.7 Å². The molecule has 5 rings (SSSR count). The molecule has 2 aromatic carbocycles. The summed E-state index contributed by atoms with van der Waals surface area (Å²) in [6.45, 7) is 4.15. The Bertz CT molecular complexity index is 1390. The summed E-state index contributed by atoms with van der Waals surface area (Å²) in [7, 11) is 0. The van der Waals surface area contributed by atoms with Crippen molar-refractivity contribution in [3.05, 3.63) is 81.4 Å². The van der Waals surface area contributed by atoms with Gasteiger partial charge < -0.3 is 20.3 Å². The van der Waals surface area contributed by atoms with E-state index >= 15 is 0 Å². The number of fused-ring (bicyclic) bond motifs is 1. The number of aliphatic carboxylic acids is 1. The summed E-state index contributed by atoms with van der Waals surface area (Å²) in [5.74, 6) is -0.898. The van der Waals surface area contributed by atoms with Gasteiger partial charge in [-0.15, -0.1) is 11.3 Å². The number of rotatable bonds is 9. The number of carboxylic acid groups (broad SMARTS) is 1. The van der Waals surface area contributed by atoms with E-state index < -0.39 is 5.97 Å². The number of H-pyrrole nitrogens is 1. The normalized spacial score (nSPS) is 14.6. The highest BCUT2D eigenvalue weighted by Crippen LogP contribution is 2.34. The number of hydrogen-bond donors (Lipinski definition) is 3. The zero-order valence-electron chi connectivity index (χ0n) is 21.0. The highest BCUT2D eigenvalue weighted by molar-refractivity contribution is 7.09. The second-order valence-corrected chi connectivity index (χ2v) is 10.7. The number of piperidine rings is 1. The Morgan fingerprint density at radius 2 is 2.00 bits per heavy atom. The molecule has 0 saturated carbocycles. The lowest BCUT2D eigenvalue weighted by Crippen LogP contribution is -2.34. The van der Waals surface area contributed by atoms with Gasteiger partial charge in [-0.1, -0.05) is 18.2 Å². The summed E-state index contributed by atoms with van der Waals surface area (Å²) in [4.78, 5) is 34.6. The first-order chi connectivity index (χ1) is 18.0. The highest BCUT2D eigenvalue weighted by atomic mass is 32.1. The van der Waals surface area contributed by atoms with E-state index in [1.54, 1.807) is 17.5 Å². The van der Waals surface area contributed by atoms with Gasteiger partial charge in [0.05, 0.1) is 6.42 Å². The molecule has 8 heteroatoms. The number of carbonyl (C=O) groups is 2. The van der Waals surface area contributed by atoms with Crippen molar-refractivity contribution in [1.82, 2.24) is 15.3 Å². The van der Waals surface area contributed by atoms with E-state index in [1.807, 2.05) is 29.8 Å². The van der Waals surface area contributed by atoms with Crippen LogP contribution >= 0.6 is 11.3 Å². The second-order valence-electron chi connectivity index (χ2n) is 9.75. The number of amides is 1. The average molecular weight is 517 g/mol. The molecule has 1 aliphatic rings. The summed E-state index contributed by atoms with van der Waals surface area (Å²) < 4.78 is 0. The van der Waals surface area contributed by atoms with Crippen LogP contribution in [0.5, 0.6) is 0 Å². The van der Waals surface area contributed by atoms with Crippen molar-refractivity contribution in [3.63, 3.8) is 0 Å². The Balaban J connectivity index is 1.40. The number of thiazole rings is 1. The van der Waals surface area contributed by atoms with Crippen LogP contribution in [0.15, 0.2) is 54.2 Å². The average Bonchev–Trinajstić information content (AvgIpc) is 3.57. The number of hydrogen-bond acceptors (Lipinski definition) is 5. The fourth-order valence-electron chi connectivity index (χ4n) is 5.14. The van der Waals surface area contributed by atoms with Gasteiger partial charge in [0.1, 0.15) is 11.0 Å². The molecule has 0 radical (unpaired) electrons. The Hall–Kier alpha value is -3.65. The molecular weight excluding hydrogens is 484 g/mol. The van der Waals surface area contributed by atoms with Crippen LogP contribution in [-0.4, -0.2) is 40.0 Å². The molecule has 7 nitrogen and oxygen atoms in total. The van der Waals surface area contributed by atoms with Gasteiger partial charge in [-0.2, -0.15) is 0 Å². The molecule has 192 valence electrons. The highest BCUT2D eigenvalue weighted by Gasteiger charge is 2.25. The molecule has 37 heavy (non-hydrogen) atoms. The maximum Gasteiger partial charge on any atom is 0.303 e. The molecule has 2 aromatic heterocycles. The molecule has 3 N–H and O–H groups in total. The van der Waals surface area contributed by atoms with Crippen molar-refractivity contribution < 1.29 is 14.7 Å². The van der Waals surface area contributed by atoms with Crippen LogP contribution in [0.3, 0.4) is 0 Å². The Morgan fingerprint density at radius 3 is 2.76 bits per heavy atom. The third kappa shape index (κ3) is 5.85. The summed E-state index contributed by atoms with van der Waals surface area (Å²) in [5.41, 5.74) is 6.23. The number of carboxylic acids is 1. The molecule has 1 saturated heterocycles. The molecule has 1 aliphatic heterocycles. The van der Waals surface area contributed by atoms with E-state index in [0.29, 0.717) is 6.42 Å². The van der Waals surface area contributed by atoms with E-state index in [9.17, 15) is 9.59 Å². The van der Waals surface area contributed by atoms with Crippen molar-refractivity contribution >= 4 is 39.8 Å². The Kier molecular flexibility index (Phi) is 7.55. The van der Waals surface area contributed by atoms with Gasteiger partial charge in [0.25, 0.3) is 0 Å². The Labute approximate surface area is 220 Å². The number of aromatic nitrogens is 2. The van der Waals surface area contributed by atoms with E-state index in [2.05, 4.69) is 45.3 Å². The van der Waals surface area contributed by atoms with Crippen LogP contribution in [0.4, 0.5) is 5.69 Å². The first-order valence-corrected chi connectivity index (χ1v) is 13.7. The first kappa shape index (κ1) is 25.0. The lowest BCUT2D eigenvalue weighted by molar-refractivity contribution is -0.137. The fourth-order valence-corrected chi connectivity index (χ4v) is 5.84. The molecule has 0 aliphatic carbocycles. The number of nitrogens with zero attached hydrogens (tertiary/aromatic N) is 2. The quantitative estimate of drug-likeness (QED) is 0.277. The van der Waals surface area contributed by atoms with E-state index in [1.165, 1.54) is 30.5 Å². The molecule has 1 unspecified atom stereocenters. The van der Waals surface area contributed by atoms with Crippen LogP contribution < -0.4 is 10.2 Å². The third-order valence-corrected chi connectivity index (χ3v) is 7.84. The predicted molar refractivity (Wildman–Crippen MR) is 147 cm³/mol. The maximum absolute atomic E-state index is 13.4. The van der Waals surface area contributed by atoms with Crippen molar-refractivity contribution in [2.45, 2.75) is 51.5 Å². The minimum Gasteiger partial charge on any atom is -0.481 e. The monoisotopic (exact) mass is 516 g/mol. The minimum absolute atomic E-state index is 0.0725. The lowest BCUT2D eigenvalue weighted by atomic mass is 9.99. The molecule has 1 atom stereocenters. The van der Waals surface area contributed by atoms with Gasteiger partial charge in [-0.05, 0) is 67.5 Å². The third-order valence-electron chi connectivity index (χ3n) is 7.00. The SMILES string of the molecule is Cc1ccc(C(NC(=O)Cc2ccc3[nH]cc(CCC(=O)O)c3c2)c2nccs2)c(N2CCCCC2)c1. The first-order valence-electron chi connectivity index (χ1n) is 12.8. The van der Waals surface area contributed by atoms with Crippen molar-refractivity contribution in [1.29, 1.82) is 0 Å². The minimum atomic E-state index is -0.821. The summed E-state index contributed by atoms with van der Waals surface area (Å²) in [6.07, 6.45) is 8.00. The molecule has 0 bridgehead atoms. The van der Waals surface area contributed by atoms with Gasteiger partial charge in [-0.3, -0.25) is 9.59 Å². The van der Waals surface area contributed by atoms with Gasteiger partial charge >= 0.3 is 5.97 Å². The fraction of sp³-hybridized carbons (Fsp3) is 0.345. The molecule has 3 heterocycles. The van der Waals surface area contributed by atoms with Gasteiger partial charge in [-0.25, -0.2) is 4.98 Å². The molecule has 1 fully saturated rings. The summed E-state index contributed by atoms with van der Waals surface area (Å²) in [5, 5.41) is 16.1. The van der Waals surface area contributed by atoms with E-state index in [-0.39, 0.29) is 24.8 Å². The molecule has 1 amide bonds. The largest absolute Gasteiger partial charge is 0.481 e. The maximum atomic E-state index is 13.4. The topological polar surface area (TPSA) is 98.3 Å². The van der Waals surface area contributed by atoms with Crippen LogP contribution in [0.25, 0.3) is 10.9 Å². The summed E-state index contributed by atoms with van der Waals surface area (Å²) >= 11 is 1.55. The number of benzene rings is 2.